The molecule has 0 atom stereocenters. The van der Waals surface area contributed by atoms with Gasteiger partial charge in [0.2, 0.25) is 0 Å². The number of aryl methyl sites for hydroxylation is 2. The third kappa shape index (κ3) is 6.15. The van der Waals surface area contributed by atoms with E-state index in [1.165, 1.54) is 6.07 Å². The molecule has 0 saturated heterocycles. The van der Waals surface area contributed by atoms with Crippen LogP contribution in [0.5, 0.6) is 5.75 Å². The number of nitro groups is 1. The van der Waals surface area contributed by atoms with Crippen LogP contribution in [-0.4, -0.2) is 10.0 Å². The van der Waals surface area contributed by atoms with Gasteiger partial charge in [0.25, 0.3) is 5.69 Å². The number of phenols is 1. The fourth-order valence-corrected chi connectivity index (χ4v) is 2.86. The Labute approximate surface area is 166 Å². The molecule has 0 fully saturated rings. The van der Waals surface area contributed by atoms with Gasteiger partial charge >= 0.3 is 0 Å². The van der Waals surface area contributed by atoms with Gasteiger partial charge in [0.1, 0.15) is 11.4 Å². The molecule has 0 aromatic heterocycles. The quantitative estimate of drug-likeness (QED) is 0.290. The van der Waals surface area contributed by atoms with Crippen LogP contribution in [0.4, 0.5) is 17.1 Å². The van der Waals surface area contributed by atoms with Crippen LogP contribution in [0.1, 0.15) is 51.7 Å². The van der Waals surface area contributed by atoms with Crippen molar-refractivity contribution in [3.8, 4) is 5.75 Å². The minimum Gasteiger partial charge on any atom is -0.505 e. The van der Waals surface area contributed by atoms with E-state index in [1.54, 1.807) is 18.2 Å². The topological polar surface area (TPSA) is 88.1 Å². The lowest BCUT2D eigenvalue weighted by Crippen LogP contribution is -1.97. The maximum atomic E-state index is 11.2. The Bertz CT molecular complexity index is 845. The Morgan fingerprint density at radius 1 is 0.964 bits per heavy atom. The van der Waals surface area contributed by atoms with Crippen LogP contribution in [0.15, 0.2) is 46.6 Å². The fourth-order valence-electron chi connectivity index (χ4n) is 2.86. The highest BCUT2D eigenvalue weighted by molar-refractivity contribution is 5.60. The van der Waals surface area contributed by atoms with Gasteiger partial charge in [-0.05, 0) is 60.8 Å². The van der Waals surface area contributed by atoms with Crippen molar-refractivity contribution in [2.24, 2.45) is 22.1 Å². The number of hydrogen-bond donors (Lipinski definition) is 1. The van der Waals surface area contributed by atoms with Gasteiger partial charge in [-0.1, -0.05) is 45.9 Å². The smallest absolute Gasteiger partial charge is 0.296 e. The number of benzene rings is 2. The number of azo groups is 1. The number of nitro benzene ring substituents is 1. The molecule has 1 N–H and O–H groups in total. The third-order valence-corrected chi connectivity index (χ3v) is 4.57. The zero-order valence-corrected chi connectivity index (χ0v) is 17.1. The van der Waals surface area contributed by atoms with Gasteiger partial charge in [-0.15, -0.1) is 10.2 Å². The number of para-hydroxylation sites is 1. The lowest BCUT2D eigenvalue weighted by atomic mass is 9.96. The van der Waals surface area contributed by atoms with Crippen molar-refractivity contribution in [3.05, 3.63) is 57.6 Å². The number of hydrogen-bond acceptors (Lipinski definition) is 5. The van der Waals surface area contributed by atoms with E-state index < -0.39 is 4.92 Å². The van der Waals surface area contributed by atoms with Crippen molar-refractivity contribution in [2.75, 3.05) is 0 Å². The fraction of sp³-hybridized carbons (Fsp3) is 0.455. The molecule has 28 heavy (non-hydrogen) atoms. The number of nitrogens with zero attached hydrogens (tertiary/aromatic N) is 3. The monoisotopic (exact) mass is 383 g/mol. The molecule has 0 aliphatic carbocycles. The highest BCUT2D eigenvalue weighted by Gasteiger charge is 2.14. The molecular formula is C22H29N3O3. The minimum absolute atomic E-state index is 0.108. The van der Waals surface area contributed by atoms with Gasteiger partial charge < -0.3 is 5.11 Å². The van der Waals surface area contributed by atoms with Crippen LogP contribution in [-0.2, 0) is 12.8 Å². The molecule has 0 amide bonds. The molecule has 0 aliphatic heterocycles. The molecule has 0 radical (unpaired) electrons. The summed E-state index contributed by atoms with van der Waals surface area (Å²) in [6.45, 7) is 8.65. The van der Waals surface area contributed by atoms with Gasteiger partial charge in [0.15, 0.2) is 5.69 Å². The highest BCUT2D eigenvalue weighted by Crippen LogP contribution is 2.36. The molecule has 2 aromatic carbocycles. The second kappa shape index (κ2) is 9.97. The summed E-state index contributed by atoms with van der Waals surface area (Å²) in [4.78, 5) is 10.7. The van der Waals surface area contributed by atoms with Crippen molar-refractivity contribution in [2.45, 2.75) is 53.4 Å². The average molecular weight is 383 g/mol. The predicted molar refractivity (Wildman–Crippen MR) is 112 cm³/mol. The maximum Gasteiger partial charge on any atom is 0.296 e. The molecule has 0 spiro atoms. The maximum absolute atomic E-state index is 11.2. The normalized spacial score (nSPS) is 11.6. The summed E-state index contributed by atoms with van der Waals surface area (Å²) in [6, 6.07) is 10.1. The van der Waals surface area contributed by atoms with Crippen molar-refractivity contribution in [1.82, 2.24) is 0 Å². The molecule has 6 heteroatoms. The molecule has 0 saturated carbocycles. The highest BCUT2D eigenvalue weighted by atomic mass is 16.6. The molecule has 2 aromatic rings. The number of aromatic hydroxyl groups is 1. The van der Waals surface area contributed by atoms with Gasteiger partial charge in [-0.3, -0.25) is 10.1 Å². The molecular weight excluding hydrogens is 354 g/mol. The summed E-state index contributed by atoms with van der Waals surface area (Å²) < 4.78 is 0. The van der Waals surface area contributed by atoms with E-state index in [2.05, 4.69) is 37.9 Å². The Kier molecular flexibility index (Phi) is 7.67. The summed E-state index contributed by atoms with van der Waals surface area (Å²) in [5, 5.41) is 30.1. The average Bonchev–Trinajstić information content (AvgIpc) is 2.65. The molecule has 0 bridgehead atoms. The van der Waals surface area contributed by atoms with Crippen LogP contribution < -0.4 is 0 Å². The van der Waals surface area contributed by atoms with Crippen molar-refractivity contribution in [3.63, 3.8) is 0 Å². The summed E-state index contributed by atoms with van der Waals surface area (Å²) in [7, 11) is 0. The Morgan fingerprint density at radius 2 is 1.57 bits per heavy atom. The summed E-state index contributed by atoms with van der Waals surface area (Å²) >= 11 is 0. The van der Waals surface area contributed by atoms with E-state index in [0.29, 0.717) is 17.5 Å². The molecule has 0 heterocycles. The van der Waals surface area contributed by atoms with Gasteiger partial charge in [0.05, 0.1) is 4.92 Å². The van der Waals surface area contributed by atoms with Crippen molar-refractivity contribution < 1.29 is 10.0 Å². The Morgan fingerprint density at radius 3 is 2.21 bits per heavy atom. The summed E-state index contributed by atoms with van der Waals surface area (Å²) in [5.74, 6) is 1.21. The van der Waals surface area contributed by atoms with Crippen LogP contribution in [0.2, 0.25) is 0 Å². The Hall–Kier alpha value is -2.76. The lowest BCUT2D eigenvalue weighted by molar-refractivity contribution is -0.384. The van der Waals surface area contributed by atoms with Crippen LogP contribution in [0.25, 0.3) is 0 Å². The molecule has 150 valence electrons. The first-order valence-electron chi connectivity index (χ1n) is 9.77. The summed E-state index contributed by atoms with van der Waals surface area (Å²) in [5.41, 5.74) is 2.37. The van der Waals surface area contributed by atoms with E-state index in [9.17, 15) is 15.2 Å². The van der Waals surface area contributed by atoms with Crippen LogP contribution in [0.3, 0.4) is 0 Å². The zero-order valence-electron chi connectivity index (χ0n) is 17.1. The standard InChI is InChI=1S/C22H29N3O3/c1-15(2)9-11-17-13-18(12-10-16(3)4)22(26)20(14-17)24-23-19-7-5-6-8-21(19)25(27)28/h5-8,13-16,26H,9-12H2,1-4H3/b24-23+. The van der Waals surface area contributed by atoms with E-state index in [1.807, 2.05) is 12.1 Å². The van der Waals surface area contributed by atoms with Gasteiger partial charge in [-0.25, -0.2) is 0 Å². The van der Waals surface area contributed by atoms with Crippen LogP contribution in [0, 0.1) is 22.0 Å². The first-order valence-corrected chi connectivity index (χ1v) is 9.77. The minimum atomic E-state index is -0.485. The number of rotatable bonds is 9. The van der Waals surface area contributed by atoms with E-state index in [-0.39, 0.29) is 17.1 Å². The second-order valence-corrected chi connectivity index (χ2v) is 7.93. The zero-order chi connectivity index (χ0) is 20.7. The van der Waals surface area contributed by atoms with E-state index in [0.717, 1.165) is 36.8 Å². The number of phenolic OH excluding ortho intramolecular Hbond substituents is 1. The first-order chi connectivity index (χ1) is 13.3. The third-order valence-electron chi connectivity index (χ3n) is 4.57. The van der Waals surface area contributed by atoms with Gasteiger partial charge in [0, 0.05) is 6.07 Å². The predicted octanol–water partition coefficient (Wildman–Crippen LogP) is 6.89. The van der Waals surface area contributed by atoms with Crippen molar-refractivity contribution in [1.29, 1.82) is 0 Å². The first kappa shape index (κ1) is 21.5. The molecule has 2 rings (SSSR count). The second-order valence-electron chi connectivity index (χ2n) is 7.93. The molecule has 6 nitrogen and oxygen atoms in total. The Balaban J connectivity index is 2.39. The van der Waals surface area contributed by atoms with Gasteiger partial charge in [-0.2, -0.15) is 0 Å². The SMILES string of the molecule is CC(C)CCc1cc(CCC(C)C)c(O)c(/N=N/c2ccccc2[N+](=O)[O-])c1. The van der Waals surface area contributed by atoms with Crippen molar-refractivity contribution >= 4 is 17.1 Å². The molecule has 0 unspecified atom stereocenters. The van der Waals surface area contributed by atoms with Crippen LogP contribution >= 0.6 is 0 Å². The lowest BCUT2D eigenvalue weighted by Gasteiger charge is -2.12. The molecule has 0 aliphatic rings. The van der Waals surface area contributed by atoms with E-state index >= 15 is 0 Å². The summed E-state index contributed by atoms with van der Waals surface area (Å²) in [6.07, 6.45) is 3.64. The van der Waals surface area contributed by atoms with E-state index in [4.69, 9.17) is 0 Å². The largest absolute Gasteiger partial charge is 0.505 e.